The number of hydrogen-bond donors (Lipinski definition) is 0. The van der Waals surface area contributed by atoms with E-state index in [0.717, 1.165) is 54.3 Å². The summed E-state index contributed by atoms with van der Waals surface area (Å²) in [5, 5.41) is 6.70. The average Bonchev–Trinajstić information content (AvgIpc) is 3.33. The molecular weight excluding hydrogens is 308 g/mol. The molecule has 0 atom stereocenters. The molecular formula is C17H18N4OS. The molecule has 4 heterocycles. The van der Waals surface area contributed by atoms with Crippen LogP contribution in [0.25, 0.3) is 16.2 Å². The van der Waals surface area contributed by atoms with Gasteiger partial charge in [0.2, 0.25) is 0 Å². The van der Waals surface area contributed by atoms with Gasteiger partial charge in [0.25, 0.3) is 5.91 Å². The van der Waals surface area contributed by atoms with Crippen LogP contribution in [-0.2, 0) is 6.42 Å². The zero-order valence-electron chi connectivity index (χ0n) is 13.0. The first kappa shape index (κ1) is 14.4. The highest BCUT2D eigenvalue weighted by atomic mass is 32.1. The Kier molecular flexibility index (Phi) is 3.61. The molecule has 0 N–H and O–H groups in total. The molecule has 4 rings (SSSR count). The fourth-order valence-corrected chi connectivity index (χ4v) is 3.71. The number of likely N-dealkylation sites (tertiary alicyclic amines) is 1. The predicted molar refractivity (Wildman–Crippen MR) is 90.8 cm³/mol. The standard InChI is InChI=1S/C17H18N4OS/c1-2-12-10-14(17(22)20-7-3-4-8-20)18-16-11-13(19-21(12)16)15-6-5-9-23-15/h5-6,9-11H,2-4,7-8H2,1H3. The van der Waals surface area contributed by atoms with Gasteiger partial charge >= 0.3 is 0 Å². The second-order valence-corrected chi connectivity index (χ2v) is 6.71. The van der Waals surface area contributed by atoms with Crippen LogP contribution in [0.4, 0.5) is 0 Å². The Morgan fingerprint density at radius 2 is 2.13 bits per heavy atom. The quantitative estimate of drug-likeness (QED) is 0.742. The number of fused-ring (bicyclic) bond motifs is 1. The lowest BCUT2D eigenvalue weighted by Crippen LogP contribution is -2.28. The van der Waals surface area contributed by atoms with Crippen molar-refractivity contribution in [3.63, 3.8) is 0 Å². The summed E-state index contributed by atoms with van der Waals surface area (Å²) in [6.45, 7) is 3.76. The molecule has 0 spiro atoms. The minimum atomic E-state index is 0.0403. The minimum Gasteiger partial charge on any atom is -0.337 e. The number of carbonyl (C=O) groups excluding carboxylic acids is 1. The first-order chi connectivity index (χ1) is 11.3. The summed E-state index contributed by atoms with van der Waals surface area (Å²) >= 11 is 1.66. The Balaban J connectivity index is 1.79. The van der Waals surface area contributed by atoms with Crippen molar-refractivity contribution in [2.24, 2.45) is 0 Å². The maximum absolute atomic E-state index is 12.6. The van der Waals surface area contributed by atoms with Crippen molar-refractivity contribution in [1.29, 1.82) is 0 Å². The third-order valence-corrected chi connectivity index (χ3v) is 5.14. The normalized spacial score (nSPS) is 14.7. The number of nitrogens with zero attached hydrogens (tertiary/aromatic N) is 4. The number of aryl methyl sites for hydroxylation is 1. The minimum absolute atomic E-state index is 0.0403. The third-order valence-electron chi connectivity index (χ3n) is 4.25. The van der Waals surface area contributed by atoms with Crippen molar-refractivity contribution >= 4 is 22.9 Å². The topological polar surface area (TPSA) is 50.5 Å². The highest BCUT2D eigenvalue weighted by Crippen LogP contribution is 2.25. The van der Waals surface area contributed by atoms with Crippen LogP contribution < -0.4 is 0 Å². The van der Waals surface area contributed by atoms with Crippen LogP contribution in [-0.4, -0.2) is 38.5 Å². The third kappa shape index (κ3) is 2.53. The van der Waals surface area contributed by atoms with E-state index in [2.05, 4.69) is 17.0 Å². The van der Waals surface area contributed by atoms with Crippen LogP contribution in [0.3, 0.4) is 0 Å². The van der Waals surface area contributed by atoms with Crippen LogP contribution in [0, 0.1) is 0 Å². The molecule has 0 saturated carbocycles. The van der Waals surface area contributed by atoms with Crippen molar-refractivity contribution in [2.75, 3.05) is 13.1 Å². The van der Waals surface area contributed by atoms with Gasteiger partial charge in [-0.1, -0.05) is 13.0 Å². The van der Waals surface area contributed by atoms with Gasteiger partial charge in [-0.05, 0) is 36.8 Å². The first-order valence-electron chi connectivity index (χ1n) is 7.99. The van der Waals surface area contributed by atoms with Gasteiger partial charge in [0, 0.05) is 24.8 Å². The van der Waals surface area contributed by atoms with E-state index in [0.29, 0.717) is 5.69 Å². The molecule has 1 saturated heterocycles. The van der Waals surface area contributed by atoms with Crippen LogP contribution >= 0.6 is 11.3 Å². The molecule has 1 fully saturated rings. The van der Waals surface area contributed by atoms with Gasteiger partial charge in [-0.15, -0.1) is 11.3 Å². The molecule has 1 aliphatic heterocycles. The van der Waals surface area contributed by atoms with E-state index in [-0.39, 0.29) is 5.91 Å². The molecule has 6 heteroatoms. The second-order valence-electron chi connectivity index (χ2n) is 5.76. The number of amides is 1. The summed E-state index contributed by atoms with van der Waals surface area (Å²) in [4.78, 5) is 20.2. The van der Waals surface area contributed by atoms with Gasteiger partial charge in [0.05, 0.1) is 4.88 Å². The predicted octanol–water partition coefficient (Wildman–Crippen LogP) is 3.26. The molecule has 0 bridgehead atoms. The highest BCUT2D eigenvalue weighted by Gasteiger charge is 2.22. The van der Waals surface area contributed by atoms with E-state index in [9.17, 15) is 4.79 Å². The molecule has 1 amide bonds. The summed E-state index contributed by atoms with van der Waals surface area (Å²) < 4.78 is 1.86. The fraction of sp³-hybridized carbons (Fsp3) is 0.353. The van der Waals surface area contributed by atoms with Crippen molar-refractivity contribution in [3.8, 4) is 10.6 Å². The Hall–Kier alpha value is -2.21. The Morgan fingerprint density at radius 1 is 1.30 bits per heavy atom. The van der Waals surface area contributed by atoms with Crippen molar-refractivity contribution < 1.29 is 4.79 Å². The van der Waals surface area contributed by atoms with Crippen molar-refractivity contribution in [3.05, 3.63) is 41.0 Å². The molecule has 0 unspecified atom stereocenters. The maximum Gasteiger partial charge on any atom is 0.272 e. The Morgan fingerprint density at radius 3 is 2.83 bits per heavy atom. The second kappa shape index (κ2) is 5.77. The Labute approximate surface area is 138 Å². The van der Waals surface area contributed by atoms with Gasteiger partial charge in [-0.25, -0.2) is 9.50 Å². The highest BCUT2D eigenvalue weighted by molar-refractivity contribution is 7.13. The smallest absolute Gasteiger partial charge is 0.272 e. The molecule has 0 aromatic carbocycles. The van der Waals surface area contributed by atoms with Crippen LogP contribution in [0.2, 0.25) is 0 Å². The Bertz CT molecular complexity index is 847. The van der Waals surface area contributed by atoms with E-state index < -0.39 is 0 Å². The zero-order valence-corrected chi connectivity index (χ0v) is 13.8. The number of rotatable bonds is 3. The average molecular weight is 326 g/mol. The summed E-state index contributed by atoms with van der Waals surface area (Å²) in [6, 6.07) is 7.92. The van der Waals surface area contributed by atoms with E-state index in [1.165, 1.54) is 0 Å². The monoisotopic (exact) mass is 326 g/mol. The summed E-state index contributed by atoms with van der Waals surface area (Å²) in [7, 11) is 0. The van der Waals surface area contributed by atoms with Gasteiger partial charge < -0.3 is 4.90 Å². The first-order valence-corrected chi connectivity index (χ1v) is 8.87. The number of thiophene rings is 1. The molecule has 0 aliphatic carbocycles. The number of aromatic nitrogens is 3. The molecule has 3 aromatic heterocycles. The molecule has 5 nitrogen and oxygen atoms in total. The van der Waals surface area contributed by atoms with Gasteiger partial charge in [-0.2, -0.15) is 5.10 Å². The summed E-state index contributed by atoms with van der Waals surface area (Å²) in [5.74, 6) is 0.0403. The summed E-state index contributed by atoms with van der Waals surface area (Å²) in [5.41, 5.74) is 3.21. The van der Waals surface area contributed by atoms with Crippen molar-refractivity contribution in [2.45, 2.75) is 26.2 Å². The molecule has 23 heavy (non-hydrogen) atoms. The van der Waals surface area contributed by atoms with E-state index >= 15 is 0 Å². The van der Waals surface area contributed by atoms with Gasteiger partial charge in [0.1, 0.15) is 11.4 Å². The fourth-order valence-electron chi connectivity index (χ4n) is 3.03. The lowest BCUT2D eigenvalue weighted by molar-refractivity contribution is 0.0787. The SMILES string of the molecule is CCc1cc(C(=O)N2CCCC2)nc2cc(-c3cccs3)nn12. The molecule has 0 radical (unpaired) electrons. The summed E-state index contributed by atoms with van der Waals surface area (Å²) in [6.07, 6.45) is 2.98. The molecule has 118 valence electrons. The number of carbonyl (C=O) groups is 1. The lowest BCUT2D eigenvalue weighted by atomic mass is 10.2. The largest absolute Gasteiger partial charge is 0.337 e. The van der Waals surface area contributed by atoms with Crippen LogP contribution in [0.1, 0.15) is 35.9 Å². The van der Waals surface area contributed by atoms with E-state index in [1.54, 1.807) is 11.3 Å². The van der Waals surface area contributed by atoms with Crippen LogP contribution in [0.5, 0.6) is 0 Å². The molecule has 3 aromatic rings. The van der Waals surface area contributed by atoms with Gasteiger partial charge in [-0.3, -0.25) is 4.79 Å². The van der Waals surface area contributed by atoms with Crippen molar-refractivity contribution in [1.82, 2.24) is 19.5 Å². The molecule has 1 aliphatic rings. The van der Waals surface area contributed by atoms with Gasteiger partial charge in [0.15, 0.2) is 5.65 Å². The lowest BCUT2D eigenvalue weighted by Gasteiger charge is -2.15. The van der Waals surface area contributed by atoms with Crippen LogP contribution in [0.15, 0.2) is 29.6 Å². The zero-order chi connectivity index (χ0) is 15.8. The van der Waals surface area contributed by atoms with E-state index in [1.807, 2.05) is 39.1 Å². The maximum atomic E-state index is 12.6. The number of hydrogen-bond acceptors (Lipinski definition) is 4. The van der Waals surface area contributed by atoms with E-state index in [4.69, 9.17) is 0 Å².